The quantitative estimate of drug-likeness (QED) is 0.797. The maximum Gasteiger partial charge on any atom is 0.282 e. The summed E-state index contributed by atoms with van der Waals surface area (Å²) in [6.45, 7) is 3.66. The van der Waals surface area contributed by atoms with Crippen molar-refractivity contribution >= 4 is 21.5 Å². The zero-order valence-corrected chi connectivity index (χ0v) is 14.7. The molecular weight excluding hydrogens is 336 g/mol. The van der Waals surface area contributed by atoms with Crippen LogP contribution < -0.4 is 0 Å². The topological polar surface area (TPSA) is 59.1 Å². The third kappa shape index (κ3) is 2.75. The molecule has 2 saturated heterocycles. The highest BCUT2D eigenvalue weighted by molar-refractivity contribution is 7.86. The predicted octanol–water partition coefficient (Wildman–Crippen LogP) is 1.19. The molecule has 0 aromatic carbocycles. The molecular formula is C15H22N2O4S2. The molecule has 4 rings (SSSR count). The molecule has 0 saturated carbocycles. The van der Waals surface area contributed by atoms with Gasteiger partial charge in [0.05, 0.1) is 19.8 Å². The second kappa shape index (κ2) is 6.09. The Bertz CT molecular complexity index is 659. The van der Waals surface area contributed by atoms with E-state index in [1.54, 1.807) is 19.9 Å². The molecule has 0 atom stereocenters. The molecule has 0 bridgehead atoms. The van der Waals surface area contributed by atoms with E-state index in [2.05, 4.69) is 11.4 Å². The van der Waals surface area contributed by atoms with Crippen molar-refractivity contribution in [3.63, 3.8) is 0 Å². The third-order valence-electron chi connectivity index (χ3n) is 5.06. The minimum absolute atomic E-state index is 0.265. The number of piperidine rings is 1. The molecule has 4 heterocycles. The second-order valence-electron chi connectivity index (χ2n) is 6.29. The largest absolute Gasteiger partial charge is 0.379 e. The average Bonchev–Trinajstić information content (AvgIpc) is 3.07. The van der Waals surface area contributed by atoms with Crippen molar-refractivity contribution in [3.05, 3.63) is 21.9 Å². The Morgan fingerprint density at radius 2 is 1.74 bits per heavy atom. The van der Waals surface area contributed by atoms with Crippen LogP contribution in [0.5, 0.6) is 0 Å². The Labute approximate surface area is 141 Å². The number of rotatable bonds is 2. The van der Waals surface area contributed by atoms with Crippen molar-refractivity contribution in [1.82, 2.24) is 8.61 Å². The molecule has 0 aliphatic carbocycles. The van der Waals surface area contributed by atoms with Gasteiger partial charge in [0.15, 0.2) is 0 Å². The van der Waals surface area contributed by atoms with Crippen LogP contribution in [0.3, 0.4) is 0 Å². The SMILES string of the molecule is O=S(=O)(N1CCOCC1)N1CCC2(CC1)OCCc1ccsc12. The monoisotopic (exact) mass is 358 g/mol. The molecule has 8 heteroatoms. The minimum atomic E-state index is -3.37. The first-order valence-electron chi connectivity index (χ1n) is 8.16. The number of fused-ring (bicyclic) bond motifs is 2. The highest BCUT2D eigenvalue weighted by atomic mass is 32.2. The van der Waals surface area contributed by atoms with Gasteiger partial charge >= 0.3 is 0 Å². The van der Waals surface area contributed by atoms with Gasteiger partial charge in [-0.05, 0) is 36.3 Å². The molecule has 1 aromatic rings. The van der Waals surface area contributed by atoms with E-state index in [1.165, 1.54) is 10.4 Å². The molecule has 23 heavy (non-hydrogen) atoms. The normalized spacial score (nSPS) is 26.3. The summed E-state index contributed by atoms with van der Waals surface area (Å²) in [5, 5.41) is 2.12. The van der Waals surface area contributed by atoms with E-state index in [0.29, 0.717) is 39.4 Å². The predicted molar refractivity (Wildman–Crippen MR) is 87.8 cm³/mol. The standard InChI is InChI=1S/C15H22N2O4S2/c18-23(19,17-7-10-20-11-8-17)16-5-3-15(4-6-16)14-13(1-9-21-15)2-12-22-14/h2,12H,1,3-11H2. The van der Waals surface area contributed by atoms with Crippen LogP contribution in [0.4, 0.5) is 0 Å². The molecule has 1 aromatic heterocycles. The van der Waals surface area contributed by atoms with Gasteiger partial charge in [0.1, 0.15) is 5.60 Å². The number of nitrogens with zero attached hydrogens (tertiary/aromatic N) is 2. The fraction of sp³-hybridized carbons (Fsp3) is 0.733. The van der Waals surface area contributed by atoms with Gasteiger partial charge in [0, 0.05) is 31.1 Å². The van der Waals surface area contributed by atoms with Gasteiger partial charge in [-0.2, -0.15) is 17.0 Å². The Balaban J connectivity index is 1.50. The summed E-state index contributed by atoms with van der Waals surface area (Å²) in [4.78, 5) is 1.31. The lowest BCUT2D eigenvalue weighted by Gasteiger charge is -2.44. The maximum absolute atomic E-state index is 12.8. The Hall–Kier alpha value is -0.510. The van der Waals surface area contributed by atoms with E-state index in [1.807, 2.05) is 0 Å². The molecule has 6 nitrogen and oxygen atoms in total. The fourth-order valence-electron chi connectivity index (χ4n) is 3.74. The van der Waals surface area contributed by atoms with Gasteiger partial charge in [0.25, 0.3) is 10.2 Å². The number of hydrogen-bond acceptors (Lipinski definition) is 5. The average molecular weight is 358 g/mol. The molecule has 1 spiro atoms. The lowest BCUT2D eigenvalue weighted by Crippen LogP contribution is -2.53. The first kappa shape index (κ1) is 16.0. The van der Waals surface area contributed by atoms with Crippen LogP contribution in [0.15, 0.2) is 11.4 Å². The zero-order valence-electron chi connectivity index (χ0n) is 13.1. The van der Waals surface area contributed by atoms with Crippen molar-refractivity contribution in [1.29, 1.82) is 0 Å². The molecule has 3 aliphatic rings. The van der Waals surface area contributed by atoms with E-state index in [9.17, 15) is 8.42 Å². The van der Waals surface area contributed by atoms with Crippen LogP contribution in [0.25, 0.3) is 0 Å². The van der Waals surface area contributed by atoms with Gasteiger partial charge in [0.2, 0.25) is 0 Å². The van der Waals surface area contributed by atoms with Crippen molar-refractivity contribution in [2.75, 3.05) is 46.0 Å². The first-order chi connectivity index (χ1) is 11.1. The van der Waals surface area contributed by atoms with E-state index in [4.69, 9.17) is 9.47 Å². The Morgan fingerprint density at radius 1 is 1.04 bits per heavy atom. The lowest BCUT2D eigenvalue weighted by atomic mass is 9.86. The minimum Gasteiger partial charge on any atom is -0.379 e. The van der Waals surface area contributed by atoms with Gasteiger partial charge in [-0.1, -0.05) is 0 Å². The van der Waals surface area contributed by atoms with E-state index >= 15 is 0 Å². The smallest absolute Gasteiger partial charge is 0.282 e. The molecule has 0 N–H and O–H groups in total. The molecule has 0 unspecified atom stereocenters. The summed E-state index contributed by atoms with van der Waals surface area (Å²) in [6.07, 6.45) is 2.45. The van der Waals surface area contributed by atoms with Crippen LogP contribution >= 0.6 is 11.3 Å². The second-order valence-corrected chi connectivity index (χ2v) is 9.13. The highest BCUT2D eigenvalue weighted by Gasteiger charge is 2.45. The summed E-state index contributed by atoms with van der Waals surface area (Å²) in [7, 11) is -3.37. The van der Waals surface area contributed by atoms with Crippen LogP contribution in [0, 0.1) is 0 Å². The summed E-state index contributed by atoms with van der Waals surface area (Å²) in [6, 6.07) is 2.18. The van der Waals surface area contributed by atoms with Crippen LogP contribution in [0.2, 0.25) is 0 Å². The van der Waals surface area contributed by atoms with Crippen molar-refractivity contribution in [3.8, 4) is 0 Å². The number of thiophene rings is 1. The van der Waals surface area contributed by atoms with E-state index < -0.39 is 10.2 Å². The van der Waals surface area contributed by atoms with Crippen LogP contribution in [-0.2, 0) is 31.7 Å². The van der Waals surface area contributed by atoms with Crippen molar-refractivity contribution in [2.45, 2.75) is 24.9 Å². The Kier molecular flexibility index (Phi) is 4.23. The maximum atomic E-state index is 12.8. The van der Waals surface area contributed by atoms with Crippen molar-refractivity contribution in [2.24, 2.45) is 0 Å². The van der Waals surface area contributed by atoms with Crippen LogP contribution in [-0.4, -0.2) is 63.0 Å². The molecule has 2 fully saturated rings. The van der Waals surface area contributed by atoms with E-state index in [-0.39, 0.29) is 5.60 Å². The first-order valence-corrected chi connectivity index (χ1v) is 10.4. The van der Waals surface area contributed by atoms with Gasteiger partial charge in [-0.25, -0.2) is 0 Å². The highest BCUT2D eigenvalue weighted by Crippen LogP contribution is 2.44. The molecule has 0 amide bonds. The third-order valence-corrected chi connectivity index (χ3v) is 8.24. The summed E-state index contributed by atoms with van der Waals surface area (Å²) >= 11 is 1.75. The van der Waals surface area contributed by atoms with Gasteiger partial charge < -0.3 is 9.47 Å². The summed E-state index contributed by atoms with van der Waals surface area (Å²) < 4.78 is 40.1. The zero-order chi connectivity index (χ0) is 15.9. The molecule has 128 valence electrons. The summed E-state index contributed by atoms with van der Waals surface area (Å²) in [5.74, 6) is 0. The number of ether oxygens (including phenoxy) is 2. The van der Waals surface area contributed by atoms with Crippen molar-refractivity contribution < 1.29 is 17.9 Å². The van der Waals surface area contributed by atoms with E-state index in [0.717, 1.165) is 25.9 Å². The molecule has 3 aliphatic heterocycles. The Morgan fingerprint density at radius 3 is 2.48 bits per heavy atom. The number of morpholine rings is 1. The van der Waals surface area contributed by atoms with Gasteiger partial charge in [-0.3, -0.25) is 0 Å². The number of hydrogen-bond donors (Lipinski definition) is 0. The fourth-order valence-corrected chi connectivity index (χ4v) is 6.49. The van der Waals surface area contributed by atoms with Crippen LogP contribution in [0.1, 0.15) is 23.3 Å². The summed E-state index contributed by atoms with van der Waals surface area (Å²) in [5.41, 5.74) is 1.12. The molecule has 0 radical (unpaired) electrons. The van der Waals surface area contributed by atoms with Gasteiger partial charge in [-0.15, -0.1) is 11.3 Å². The lowest BCUT2D eigenvalue weighted by molar-refractivity contribution is -0.0868.